The van der Waals surface area contributed by atoms with E-state index in [1.165, 1.54) is 18.3 Å². The fourth-order valence-corrected chi connectivity index (χ4v) is 3.28. The van der Waals surface area contributed by atoms with Crippen LogP contribution in [0.25, 0.3) is 10.9 Å². The van der Waals surface area contributed by atoms with Crippen molar-refractivity contribution < 1.29 is 8.42 Å². The summed E-state index contributed by atoms with van der Waals surface area (Å²) in [5.41, 5.74) is 3.38. The smallest absolute Gasteiger partial charge is 0.235 e. The van der Waals surface area contributed by atoms with Crippen LogP contribution in [0.1, 0.15) is 16.7 Å². The van der Waals surface area contributed by atoms with Crippen molar-refractivity contribution in [2.45, 2.75) is 18.7 Å². The number of pyridine rings is 1. The Bertz CT molecular complexity index is 1060. The number of nitrogens with zero attached hydrogens (tertiary/aromatic N) is 2. The van der Waals surface area contributed by atoms with Crippen LogP contribution in [0, 0.1) is 13.8 Å². The highest BCUT2D eigenvalue weighted by molar-refractivity contribution is 7.89. The van der Waals surface area contributed by atoms with Gasteiger partial charge in [0.05, 0.1) is 16.6 Å². The van der Waals surface area contributed by atoms with E-state index in [0.717, 1.165) is 22.0 Å². The third kappa shape index (κ3) is 3.97. The number of hydrogen-bond acceptors (Lipinski definition) is 4. The highest BCUT2D eigenvalue weighted by atomic mass is 35.5. The molecule has 7 heteroatoms. The number of benzene rings is 2. The Morgan fingerprint density at radius 2 is 1.72 bits per heavy atom. The second-order valence-electron chi connectivity index (χ2n) is 5.73. The fraction of sp³-hybridized carbons (Fsp3) is 0.111. The highest BCUT2D eigenvalue weighted by Crippen LogP contribution is 2.20. The van der Waals surface area contributed by atoms with Crippen molar-refractivity contribution in [3.63, 3.8) is 0 Å². The van der Waals surface area contributed by atoms with Crippen LogP contribution in [0.5, 0.6) is 0 Å². The van der Waals surface area contributed by atoms with Gasteiger partial charge in [0.1, 0.15) is 5.15 Å². The number of rotatable bonds is 4. The predicted molar refractivity (Wildman–Crippen MR) is 101 cm³/mol. The lowest BCUT2D eigenvalue weighted by Gasteiger charge is -2.05. The molecule has 0 amide bonds. The SMILES string of the molecule is Cc1ccc(S(=O)(=O)NN=Cc2cc3ccc(C)cc3nc2Cl)cc1. The van der Waals surface area contributed by atoms with Crippen LogP contribution in [-0.4, -0.2) is 19.6 Å². The molecule has 1 heterocycles. The summed E-state index contributed by atoms with van der Waals surface area (Å²) >= 11 is 6.16. The lowest BCUT2D eigenvalue weighted by molar-refractivity contribution is 0.584. The Labute approximate surface area is 151 Å². The van der Waals surface area contributed by atoms with E-state index in [9.17, 15) is 8.42 Å². The van der Waals surface area contributed by atoms with Gasteiger partial charge in [-0.05, 0) is 43.7 Å². The number of hydrazone groups is 1. The molecule has 0 bridgehead atoms. The van der Waals surface area contributed by atoms with Crippen molar-refractivity contribution in [3.05, 3.63) is 70.4 Å². The molecule has 0 aliphatic rings. The molecule has 0 atom stereocenters. The summed E-state index contributed by atoms with van der Waals surface area (Å²) in [4.78, 5) is 6.65. The fourth-order valence-electron chi connectivity index (χ4n) is 2.30. The van der Waals surface area contributed by atoms with Crippen LogP contribution in [-0.2, 0) is 10.0 Å². The van der Waals surface area contributed by atoms with Crippen molar-refractivity contribution in [2.75, 3.05) is 0 Å². The summed E-state index contributed by atoms with van der Waals surface area (Å²) in [5.74, 6) is 0. The minimum atomic E-state index is -3.72. The topological polar surface area (TPSA) is 71.4 Å². The van der Waals surface area contributed by atoms with Crippen molar-refractivity contribution in [2.24, 2.45) is 5.10 Å². The van der Waals surface area contributed by atoms with Crippen molar-refractivity contribution in [3.8, 4) is 0 Å². The normalized spacial score (nSPS) is 12.0. The van der Waals surface area contributed by atoms with Crippen LogP contribution < -0.4 is 4.83 Å². The lowest BCUT2D eigenvalue weighted by Crippen LogP contribution is -2.18. The molecule has 0 fully saturated rings. The van der Waals surface area contributed by atoms with E-state index in [1.807, 2.05) is 38.1 Å². The molecule has 3 aromatic rings. The average Bonchev–Trinajstić information content (AvgIpc) is 2.56. The molecule has 0 saturated heterocycles. The second-order valence-corrected chi connectivity index (χ2v) is 7.75. The van der Waals surface area contributed by atoms with Gasteiger partial charge in [0.25, 0.3) is 10.0 Å². The number of fused-ring (bicyclic) bond motifs is 1. The highest BCUT2D eigenvalue weighted by Gasteiger charge is 2.12. The quantitative estimate of drug-likeness (QED) is 0.429. The molecule has 0 radical (unpaired) electrons. The number of nitrogens with one attached hydrogen (secondary N) is 1. The summed E-state index contributed by atoms with van der Waals surface area (Å²) < 4.78 is 24.4. The van der Waals surface area contributed by atoms with Crippen LogP contribution in [0.3, 0.4) is 0 Å². The third-order valence-corrected chi connectivity index (χ3v) is 5.20. The van der Waals surface area contributed by atoms with Crippen LogP contribution in [0.15, 0.2) is 58.5 Å². The molecule has 1 aromatic heterocycles. The first kappa shape index (κ1) is 17.4. The Morgan fingerprint density at radius 1 is 1.04 bits per heavy atom. The van der Waals surface area contributed by atoms with Gasteiger partial charge in [-0.2, -0.15) is 13.5 Å². The van der Waals surface area contributed by atoms with Gasteiger partial charge in [-0.3, -0.25) is 0 Å². The maximum Gasteiger partial charge on any atom is 0.276 e. The molecular formula is C18H16ClN3O2S. The van der Waals surface area contributed by atoms with Gasteiger partial charge in [-0.25, -0.2) is 9.82 Å². The molecule has 2 aromatic carbocycles. The van der Waals surface area contributed by atoms with Crippen molar-refractivity contribution in [1.82, 2.24) is 9.82 Å². The Balaban J connectivity index is 1.84. The van der Waals surface area contributed by atoms with E-state index in [1.54, 1.807) is 12.1 Å². The van der Waals surface area contributed by atoms with Gasteiger partial charge in [-0.1, -0.05) is 41.4 Å². The van der Waals surface area contributed by atoms with E-state index in [0.29, 0.717) is 5.56 Å². The van der Waals surface area contributed by atoms with Gasteiger partial charge >= 0.3 is 0 Å². The average molecular weight is 374 g/mol. The molecule has 5 nitrogen and oxygen atoms in total. The first-order chi connectivity index (χ1) is 11.8. The monoisotopic (exact) mass is 373 g/mol. The van der Waals surface area contributed by atoms with Crippen molar-refractivity contribution in [1.29, 1.82) is 0 Å². The third-order valence-electron chi connectivity index (χ3n) is 3.66. The lowest BCUT2D eigenvalue weighted by atomic mass is 10.1. The molecule has 3 rings (SSSR count). The van der Waals surface area contributed by atoms with Crippen LogP contribution in [0.2, 0.25) is 5.15 Å². The zero-order valence-corrected chi connectivity index (χ0v) is 15.3. The molecule has 0 aliphatic carbocycles. The molecule has 0 spiro atoms. The Morgan fingerprint density at radius 3 is 2.44 bits per heavy atom. The standard InChI is InChI=1S/C18H16ClN3O2S/c1-12-4-7-16(8-5-12)25(23,24)22-20-11-15-10-14-6-3-13(2)9-17(14)21-18(15)19/h3-11,22H,1-2H3. The van der Waals surface area contributed by atoms with E-state index in [-0.39, 0.29) is 10.0 Å². The predicted octanol–water partition coefficient (Wildman–Crippen LogP) is 3.82. The number of aromatic nitrogens is 1. The molecule has 0 saturated carbocycles. The largest absolute Gasteiger partial charge is 0.276 e. The van der Waals surface area contributed by atoms with E-state index >= 15 is 0 Å². The first-order valence-corrected chi connectivity index (χ1v) is 9.40. The molecular weight excluding hydrogens is 358 g/mol. The summed E-state index contributed by atoms with van der Waals surface area (Å²) in [5, 5.41) is 4.97. The molecule has 0 unspecified atom stereocenters. The summed E-state index contributed by atoms with van der Waals surface area (Å²) in [6.45, 7) is 3.86. The minimum Gasteiger partial charge on any atom is -0.235 e. The molecule has 25 heavy (non-hydrogen) atoms. The van der Waals surface area contributed by atoms with Gasteiger partial charge in [0.15, 0.2) is 0 Å². The van der Waals surface area contributed by atoms with E-state index < -0.39 is 10.0 Å². The maximum absolute atomic E-state index is 12.2. The summed E-state index contributed by atoms with van der Waals surface area (Å²) in [6.07, 6.45) is 1.35. The molecule has 1 N–H and O–H groups in total. The number of halogens is 1. The second kappa shape index (κ2) is 6.82. The zero-order valence-electron chi connectivity index (χ0n) is 13.7. The van der Waals surface area contributed by atoms with Gasteiger partial charge in [-0.15, -0.1) is 0 Å². The molecule has 128 valence electrons. The maximum atomic E-state index is 12.2. The van der Waals surface area contributed by atoms with E-state index in [4.69, 9.17) is 11.6 Å². The Hall–Kier alpha value is -2.44. The zero-order chi connectivity index (χ0) is 18.0. The number of hydrogen-bond donors (Lipinski definition) is 1. The van der Waals surface area contributed by atoms with Crippen LogP contribution in [0.4, 0.5) is 0 Å². The van der Waals surface area contributed by atoms with Gasteiger partial charge < -0.3 is 0 Å². The van der Waals surface area contributed by atoms with Gasteiger partial charge in [0, 0.05) is 10.9 Å². The van der Waals surface area contributed by atoms with E-state index in [2.05, 4.69) is 14.9 Å². The number of aryl methyl sites for hydroxylation is 2. The summed E-state index contributed by atoms with van der Waals surface area (Å²) in [6, 6.07) is 14.2. The van der Waals surface area contributed by atoms with Gasteiger partial charge in [0.2, 0.25) is 0 Å². The van der Waals surface area contributed by atoms with Crippen LogP contribution >= 0.6 is 11.6 Å². The number of sulfonamides is 1. The molecule has 0 aliphatic heterocycles. The summed E-state index contributed by atoms with van der Waals surface area (Å²) in [7, 11) is -3.72. The minimum absolute atomic E-state index is 0.147. The Kier molecular flexibility index (Phi) is 4.74. The first-order valence-electron chi connectivity index (χ1n) is 7.54. The van der Waals surface area contributed by atoms with Crippen molar-refractivity contribution >= 4 is 38.7 Å².